The van der Waals surface area contributed by atoms with Gasteiger partial charge in [0.15, 0.2) is 0 Å². The molecule has 0 rings (SSSR count). The van der Waals surface area contributed by atoms with Crippen molar-refractivity contribution < 1.29 is 24.5 Å². The first kappa shape index (κ1) is 14.9. The van der Waals surface area contributed by atoms with Crippen LogP contribution in [0.1, 0.15) is 26.7 Å². The van der Waals surface area contributed by atoms with Gasteiger partial charge in [0.25, 0.3) is 0 Å². The average Bonchev–Trinajstić information content (AvgIpc) is 2.17. The molecule has 0 saturated heterocycles. The van der Waals surface area contributed by atoms with Crippen LogP contribution in [0, 0.1) is 0 Å². The summed E-state index contributed by atoms with van der Waals surface area (Å²) in [5.41, 5.74) is -0.474. The first-order valence-corrected chi connectivity index (χ1v) is 5.15. The van der Waals surface area contributed by atoms with Crippen LogP contribution in [-0.4, -0.2) is 47.4 Å². The molecular weight excluding hydrogens is 214 g/mol. The number of hydrogen-bond donors (Lipinski definition) is 3. The van der Waals surface area contributed by atoms with Gasteiger partial charge in [0, 0.05) is 12.1 Å². The van der Waals surface area contributed by atoms with Gasteiger partial charge in [-0.05, 0) is 19.8 Å². The summed E-state index contributed by atoms with van der Waals surface area (Å²) in [5, 5.41) is 19.8. The molecule has 0 aromatic heterocycles. The Morgan fingerprint density at radius 1 is 1.38 bits per heavy atom. The van der Waals surface area contributed by atoms with E-state index in [2.05, 4.69) is 10.1 Å². The fourth-order valence-corrected chi connectivity index (χ4v) is 1.18. The van der Waals surface area contributed by atoms with Crippen LogP contribution in [0.15, 0.2) is 0 Å². The second-order valence-electron chi connectivity index (χ2n) is 3.82. The molecule has 6 heteroatoms. The number of amides is 1. The number of nitrogens with one attached hydrogen (secondary N) is 1. The van der Waals surface area contributed by atoms with Crippen LogP contribution in [-0.2, 0) is 14.3 Å². The molecule has 1 atom stereocenters. The number of rotatable bonds is 8. The summed E-state index contributed by atoms with van der Waals surface area (Å²) in [4.78, 5) is 21.5. The zero-order valence-electron chi connectivity index (χ0n) is 9.65. The predicted octanol–water partition coefficient (Wildman–Crippen LogP) is -0.245. The van der Waals surface area contributed by atoms with Crippen molar-refractivity contribution in [3.8, 4) is 0 Å². The van der Waals surface area contributed by atoms with Crippen LogP contribution in [0.3, 0.4) is 0 Å². The zero-order chi connectivity index (χ0) is 12.6. The number of hydrogen-bond acceptors (Lipinski definition) is 4. The summed E-state index contributed by atoms with van der Waals surface area (Å²) in [6, 6.07) is 0. The van der Waals surface area contributed by atoms with Crippen molar-refractivity contribution in [2.45, 2.75) is 32.2 Å². The third-order valence-corrected chi connectivity index (χ3v) is 2.34. The van der Waals surface area contributed by atoms with Crippen LogP contribution >= 0.6 is 0 Å². The van der Waals surface area contributed by atoms with Crippen LogP contribution in [0.2, 0.25) is 0 Å². The normalized spacial score (nSPS) is 14.2. The quantitative estimate of drug-likeness (QED) is 0.537. The number of aliphatic hydroxyl groups excluding tert-OH is 1. The van der Waals surface area contributed by atoms with E-state index in [0.717, 1.165) is 0 Å². The number of carboxylic acid groups (broad SMARTS) is 1. The summed E-state index contributed by atoms with van der Waals surface area (Å²) in [6.07, 6.45) is 1.13. The summed E-state index contributed by atoms with van der Waals surface area (Å²) >= 11 is 0. The summed E-state index contributed by atoms with van der Waals surface area (Å²) < 4.78 is 4.65. The smallest absolute Gasteiger partial charge is 0.329 e. The lowest BCUT2D eigenvalue weighted by molar-refractivity contribution is -0.143. The molecule has 0 heterocycles. The van der Waals surface area contributed by atoms with Crippen molar-refractivity contribution in [3.05, 3.63) is 0 Å². The molecule has 0 aliphatic heterocycles. The fourth-order valence-electron chi connectivity index (χ4n) is 1.18. The molecule has 3 N–H and O–H groups in total. The number of carbonyl (C=O) groups excluding carboxylic acids is 1. The van der Waals surface area contributed by atoms with Gasteiger partial charge < -0.3 is 20.3 Å². The second kappa shape index (κ2) is 7.19. The highest BCUT2D eigenvalue weighted by atomic mass is 16.5. The number of aliphatic hydroxyl groups is 1. The van der Waals surface area contributed by atoms with E-state index >= 15 is 0 Å². The largest absolute Gasteiger partial charge is 0.480 e. The molecule has 0 aromatic carbocycles. The zero-order valence-corrected chi connectivity index (χ0v) is 9.65. The molecule has 0 aromatic rings. The van der Waals surface area contributed by atoms with Gasteiger partial charge in [-0.25, -0.2) is 4.79 Å². The van der Waals surface area contributed by atoms with Gasteiger partial charge in [-0.2, -0.15) is 0 Å². The molecule has 16 heavy (non-hydrogen) atoms. The van der Waals surface area contributed by atoms with Gasteiger partial charge in [0.1, 0.15) is 13.2 Å². The molecule has 0 radical (unpaired) electrons. The predicted molar refractivity (Wildman–Crippen MR) is 57.0 cm³/mol. The SMILES string of the molecule is CCC(C)(CCO)NC(=O)COCC(=O)O. The molecule has 0 aliphatic carbocycles. The average molecular weight is 233 g/mol. The lowest BCUT2D eigenvalue weighted by Crippen LogP contribution is -2.47. The van der Waals surface area contributed by atoms with E-state index in [1.165, 1.54) is 0 Å². The summed E-state index contributed by atoms with van der Waals surface area (Å²) in [7, 11) is 0. The van der Waals surface area contributed by atoms with Crippen molar-refractivity contribution in [2.24, 2.45) is 0 Å². The standard InChI is InChI=1S/C10H19NO5/c1-3-10(2,4-5-12)11-8(13)6-16-7-9(14)15/h12H,3-7H2,1-2H3,(H,11,13)(H,14,15). The monoisotopic (exact) mass is 233 g/mol. The van der Waals surface area contributed by atoms with E-state index in [0.29, 0.717) is 12.8 Å². The minimum atomic E-state index is -1.11. The number of ether oxygens (including phenoxy) is 1. The molecule has 0 saturated carbocycles. The van der Waals surface area contributed by atoms with Crippen molar-refractivity contribution in [3.63, 3.8) is 0 Å². The maximum absolute atomic E-state index is 11.4. The Kier molecular flexibility index (Phi) is 6.67. The van der Waals surface area contributed by atoms with E-state index in [4.69, 9.17) is 10.2 Å². The Balaban J connectivity index is 3.96. The molecule has 6 nitrogen and oxygen atoms in total. The minimum Gasteiger partial charge on any atom is -0.480 e. The molecule has 0 spiro atoms. The Hall–Kier alpha value is -1.14. The Morgan fingerprint density at radius 3 is 2.44 bits per heavy atom. The summed E-state index contributed by atoms with van der Waals surface area (Å²) in [5.74, 6) is -1.49. The minimum absolute atomic E-state index is 0.0133. The summed E-state index contributed by atoms with van der Waals surface area (Å²) in [6.45, 7) is 2.93. The first-order chi connectivity index (χ1) is 7.43. The number of carbonyl (C=O) groups is 2. The Labute approximate surface area is 94.6 Å². The maximum atomic E-state index is 11.4. The lowest BCUT2D eigenvalue weighted by Gasteiger charge is -2.28. The van der Waals surface area contributed by atoms with Crippen LogP contribution in [0.4, 0.5) is 0 Å². The Morgan fingerprint density at radius 2 is 2.00 bits per heavy atom. The van der Waals surface area contributed by atoms with E-state index < -0.39 is 18.1 Å². The van der Waals surface area contributed by atoms with Gasteiger partial charge in [0.05, 0.1) is 0 Å². The highest BCUT2D eigenvalue weighted by Gasteiger charge is 2.23. The molecule has 0 bridgehead atoms. The fraction of sp³-hybridized carbons (Fsp3) is 0.800. The highest BCUT2D eigenvalue weighted by molar-refractivity contribution is 5.78. The van der Waals surface area contributed by atoms with Crippen LogP contribution in [0.25, 0.3) is 0 Å². The van der Waals surface area contributed by atoms with Crippen LogP contribution in [0.5, 0.6) is 0 Å². The topological polar surface area (TPSA) is 95.9 Å². The molecular formula is C10H19NO5. The number of aliphatic carboxylic acids is 1. The van der Waals surface area contributed by atoms with Gasteiger partial charge >= 0.3 is 5.97 Å². The highest BCUT2D eigenvalue weighted by Crippen LogP contribution is 2.13. The van der Waals surface area contributed by atoms with Gasteiger partial charge in [-0.15, -0.1) is 0 Å². The first-order valence-electron chi connectivity index (χ1n) is 5.15. The molecule has 1 unspecified atom stereocenters. The van der Waals surface area contributed by atoms with Gasteiger partial charge in [0.2, 0.25) is 5.91 Å². The van der Waals surface area contributed by atoms with Crippen molar-refractivity contribution >= 4 is 11.9 Å². The van der Waals surface area contributed by atoms with Crippen molar-refractivity contribution in [2.75, 3.05) is 19.8 Å². The van der Waals surface area contributed by atoms with E-state index in [9.17, 15) is 9.59 Å². The third kappa shape index (κ3) is 6.36. The molecule has 0 fully saturated rings. The van der Waals surface area contributed by atoms with Crippen LogP contribution < -0.4 is 5.32 Å². The number of carboxylic acids is 1. The second-order valence-corrected chi connectivity index (χ2v) is 3.82. The van der Waals surface area contributed by atoms with E-state index in [-0.39, 0.29) is 19.1 Å². The van der Waals surface area contributed by atoms with Gasteiger partial charge in [-0.1, -0.05) is 6.92 Å². The molecule has 1 amide bonds. The third-order valence-electron chi connectivity index (χ3n) is 2.34. The Bertz CT molecular complexity index is 243. The van der Waals surface area contributed by atoms with Crippen molar-refractivity contribution in [1.82, 2.24) is 5.32 Å². The molecule has 94 valence electrons. The van der Waals surface area contributed by atoms with E-state index in [1.54, 1.807) is 0 Å². The van der Waals surface area contributed by atoms with Gasteiger partial charge in [-0.3, -0.25) is 4.79 Å². The van der Waals surface area contributed by atoms with Crippen molar-refractivity contribution in [1.29, 1.82) is 0 Å². The maximum Gasteiger partial charge on any atom is 0.329 e. The lowest BCUT2D eigenvalue weighted by atomic mass is 9.95. The van der Waals surface area contributed by atoms with E-state index in [1.807, 2.05) is 13.8 Å². The molecule has 0 aliphatic rings.